The Morgan fingerprint density at radius 1 is 1.36 bits per heavy atom. The van der Waals surface area contributed by atoms with Gasteiger partial charge in [0.15, 0.2) is 0 Å². The molecule has 1 aromatic carbocycles. The van der Waals surface area contributed by atoms with E-state index < -0.39 is 5.91 Å². The predicted octanol–water partition coefficient (Wildman–Crippen LogP) is -1.05. The van der Waals surface area contributed by atoms with Gasteiger partial charge in [0.05, 0.1) is 29.3 Å². The fourth-order valence-corrected chi connectivity index (χ4v) is 2.38. The van der Waals surface area contributed by atoms with Crippen molar-refractivity contribution in [3.05, 3.63) is 34.0 Å². The first kappa shape index (κ1) is 19.1. The average Bonchev–Trinajstić information content (AvgIpc) is 2.74. The number of hydrogen-bond acceptors (Lipinski definition) is 5. The topological polar surface area (TPSA) is 74.2 Å². The van der Waals surface area contributed by atoms with Crippen molar-refractivity contribution in [3.63, 3.8) is 0 Å². The normalized spacial score (nSPS) is 15.6. The van der Waals surface area contributed by atoms with E-state index in [0.717, 1.165) is 5.01 Å². The first-order chi connectivity index (χ1) is 10.0. The second-order valence-corrected chi connectivity index (χ2v) is 4.74. The standard InChI is InChI=1S/C13H12Cl2N2O4.Na/c1-3-21-12-8(6-18)13(19)17(16-12)11-9(14)4-7(20-2)5-10(11)15;/h4-6,18H,3H2,1-2H3;/q;+1/p-1/b8-6-;. The van der Waals surface area contributed by atoms with Crippen LogP contribution < -0.4 is 44.4 Å². The Bertz CT molecular complexity index is 626. The van der Waals surface area contributed by atoms with E-state index in [4.69, 9.17) is 32.7 Å². The summed E-state index contributed by atoms with van der Waals surface area (Å²) in [6.45, 7) is 1.98. The molecule has 0 unspecified atom stereocenters. The third-order valence-corrected chi connectivity index (χ3v) is 3.26. The van der Waals surface area contributed by atoms with Crippen LogP contribution in [0.25, 0.3) is 0 Å². The number of rotatable bonds is 3. The van der Waals surface area contributed by atoms with Crippen LogP contribution in [-0.4, -0.2) is 25.5 Å². The van der Waals surface area contributed by atoms with Crippen LogP contribution in [0.15, 0.2) is 29.1 Å². The van der Waals surface area contributed by atoms with Crippen LogP contribution in [-0.2, 0) is 9.53 Å². The number of hydrazone groups is 1. The molecule has 112 valence electrons. The predicted molar refractivity (Wildman–Crippen MR) is 77.6 cm³/mol. The van der Waals surface area contributed by atoms with Crippen LogP contribution in [0.3, 0.4) is 0 Å². The van der Waals surface area contributed by atoms with Crippen LogP contribution in [0.5, 0.6) is 5.75 Å². The molecule has 0 saturated heterocycles. The largest absolute Gasteiger partial charge is 1.00 e. The SMILES string of the molecule is CCOC1=NN(c2c(Cl)cc(OC)cc2Cl)C(=O)/C1=C\[O-].[Na+]. The zero-order valence-electron chi connectivity index (χ0n) is 12.2. The molecule has 0 saturated carbocycles. The van der Waals surface area contributed by atoms with Crippen molar-refractivity contribution in [1.29, 1.82) is 0 Å². The number of amides is 1. The molecule has 0 fully saturated rings. The molecule has 9 heteroatoms. The number of benzene rings is 1. The van der Waals surface area contributed by atoms with Gasteiger partial charge < -0.3 is 14.6 Å². The number of anilines is 1. The third-order valence-electron chi connectivity index (χ3n) is 2.68. The molecule has 1 amide bonds. The Morgan fingerprint density at radius 2 is 1.95 bits per heavy atom. The second-order valence-electron chi connectivity index (χ2n) is 3.93. The maximum Gasteiger partial charge on any atom is 1.00 e. The Kier molecular flexibility index (Phi) is 7.02. The van der Waals surface area contributed by atoms with Crippen molar-refractivity contribution in [2.75, 3.05) is 18.7 Å². The minimum absolute atomic E-state index is 0. The van der Waals surface area contributed by atoms with Gasteiger partial charge in [-0.1, -0.05) is 23.2 Å². The molecule has 1 aromatic rings. The van der Waals surface area contributed by atoms with E-state index in [1.807, 2.05) is 0 Å². The van der Waals surface area contributed by atoms with E-state index in [1.165, 1.54) is 19.2 Å². The number of carbonyl (C=O) groups is 1. The molecule has 1 aliphatic heterocycles. The van der Waals surface area contributed by atoms with Crippen LogP contribution in [0.1, 0.15) is 6.92 Å². The number of ether oxygens (including phenoxy) is 2. The van der Waals surface area contributed by atoms with Gasteiger partial charge in [0.1, 0.15) is 11.4 Å². The molecule has 0 aromatic heterocycles. The molecular weight excluding hydrogens is 342 g/mol. The number of nitrogens with zero attached hydrogens (tertiary/aromatic N) is 2. The Balaban J connectivity index is 0.00000242. The number of carbonyl (C=O) groups excluding carboxylic acids is 1. The van der Waals surface area contributed by atoms with Crippen molar-refractivity contribution in [1.82, 2.24) is 0 Å². The molecule has 22 heavy (non-hydrogen) atoms. The van der Waals surface area contributed by atoms with Gasteiger partial charge in [-0.2, -0.15) is 5.01 Å². The van der Waals surface area contributed by atoms with Gasteiger partial charge in [-0.05, 0) is 6.92 Å². The van der Waals surface area contributed by atoms with E-state index in [9.17, 15) is 9.90 Å². The van der Waals surface area contributed by atoms with Crippen molar-refractivity contribution >= 4 is 40.7 Å². The van der Waals surface area contributed by atoms with Gasteiger partial charge in [0, 0.05) is 12.1 Å². The summed E-state index contributed by atoms with van der Waals surface area (Å²) in [6.07, 6.45) is 0.391. The summed E-state index contributed by atoms with van der Waals surface area (Å²) in [5.74, 6) is -0.267. The quantitative estimate of drug-likeness (QED) is 0.395. The fraction of sp³-hybridized carbons (Fsp3) is 0.231. The summed E-state index contributed by atoms with van der Waals surface area (Å²) < 4.78 is 10.2. The molecule has 0 radical (unpaired) electrons. The van der Waals surface area contributed by atoms with Gasteiger partial charge in [-0.3, -0.25) is 4.79 Å². The Hall–Kier alpha value is -0.920. The molecule has 0 atom stereocenters. The monoisotopic (exact) mass is 352 g/mol. The molecule has 1 heterocycles. The zero-order valence-corrected chi connectivity index (χ0v) is 15.7. The molecule has 0 bridgehead atoms. The summed E-state index contributed by atoms with van der Waals surface area (Å²) in [6, 6.07) is 2.98. The van der Waals surface area contributed by atoms with Crippen LogP contribution in [0, 0.1) is 0 Å². The van der Waals surface area contributed by atoms with Crippen molar-refractivity contribution in [3.8, 4) is 5.75 Å². The van der Waals surface area contributed by atoms with Crippen LogP contribution in [0.2, 0.25) is 10.0 Å². The summed E-state index contributed by atoms with van der Waals surface area (Å²) in [4.78, 5) is 12.2. The van der Waals surface area contributed by atoms with Crippen molar-refractivity contribution in [2.24, 2.45) is 5.10 Å². The molecular formula is C13H11Cl2N2NaO4. The molecule has 0 aliphatic carbocycles. The van der Waals surface area contributed by atoms with E-state index in [0.29, 0.717) is 12.0 Å². The van der Waals surface area contributed by atoms with Crippen LogP contribution in [0.4, 0.5) is 5.69 Å². The van der Waals surface area contributed by atoms with E-state index in [1.54, 1.807) is 6.92 Å². The smallest absolute Gasteiger partial charge is 0.877 e. The van der Waals surface area contributed by atoms with Gasteiger partial charge >= 0.3 is 29.6 Å². The fourth-order valence-electron chi connectivity index (χ4n) is 1.75. The molecule has 6 nitrogen and oxygen atoms in total. The molecule has 0 spiro atoms. The number of methoxy groups -OCH3 is 1. The third kappa shape index (κ3) is 3.52. The van der Waals surface area contributed by atoms with Gasteiger partial charge in [0.2, 0.25) is 5.90 Å². The number of halogens is 2. The summed E-state index contributed by atoms with van der Waals surface area (Å²) >= 11 is 12.2. The van der Waals surface area contributed by atoms with Crippen LogP contribution >= 0.6 is 23.2 Å². The summed E-state index contributed by atoms with van der Waals surface area (Å²) in [7, 11) is 1.46. The summed E-state index contributed by atoms with van der Waals surface area (Å²) in [5, 5.41) is 16.3. The zero-order chi connectivity index (χ0) is 15.6. The minimum Gasteiger partial charge on any atom is -0.877 e. The van der Waals surface area contributed by atoms with E-state index in [-0.39, 0.29) is 63.4 Å². The Labute approximate surface area is 159 Å². The van der Waals surface area contributed by atoms with Crippen molar-refractivity contribution in [2.45, 2.75) is 6.92 Å². The molecule has 2 rings (SSSR count). The first-order valence-electron chi connectivity index (χ1n) is 5.94. The second kappa shape index (κ2) is 8.08. The molecule has 1 aliphatic rings. The van der Waals surface area contributed by atoms with Gasteiger partial charge in [-0.25, -0.2) is 0 Å². The minimum atomic E-state index is -0.651. The van der Waals surface area contributed by atoms with E-state index in [2.05, 4.69) is 5.10 Å². The molecule has 0 N–H and O–H groups in total. The first-order valence-corrected chi connectivity index (χ1v) is 6.70. The maximum absolute atomic E-state index is 12.2. The number of hydrogen-bond donors (Lipinski definition) is 0. The maximum atomic E-state index is 12.2. The Morgan fingerprint density at radius 3 is 2.41 bits per heavy atom. The average molecular weight is 353 g/mol. The van der Waals surface area contributed by atoms with Gasteiger partial charge in [-0.15, -0.1) is 11.4 Å². The summed E-state index contributed by atoms with van der Waals surface area (Å²) in [5.41, 5.74) is -0.0158. The van der Waals surface area contributed by atoms with Gasteiger partial charge in [0.25, 0.3) is 5.91 Å². The van der Waals surface area contributed by atoms with Crippen molar-refractivity contribution < 1.29 is 48.9 Å². The van der Waals surface area contributed by atoms with E-state index >= 15 is 0 Å².